The first-order chi connectivity index (χ1) is 10.0. The summed E-state index contributed by atoms with van der Waals surface area (Å²) >= 11 is 3.41. The molecule has 0 amide bonds. The lowest BCUT2D eigenvalue weighted by Crippen LogP contribution is -2.33. The van der Waals surface area contributed by atoms with Gasteiger partial charge in [0.25, 0.3) is 5.56 Å². The molecule has 0 saturated heterocycles. The first-order valence-electron chi connectivity index (χ1n) is 7.62. The maximum absolute atomic E-state index is 12.3. The molecule has 118 valence electrons. The van der Waals surface area contributed by atoms with Crippen molar-refractivity contribution in [2.75, 3.05) is 18.5 Å². The molecule has 21 heavy (non-hydrogen) atoms. The van der Waals surface area contributed by atoms with Crippen molar-refractivity contribution in [1.82, 2.24) is 9.78 Å². The Morgan fingerprint density at radius 2 is 2.24 bits per heavy atom. The van der Waals surface area contributed by atoms with Gasteiger partial charge in [-0.25, -0.2) is 4.68 Å². The minimum atomic E-state index is -0.0641. The van der Waals surface area contributed by atoms with E-state index < -0.39 is 0 Å². The second-order valence-electron chi connectivity index (χ2n) is 5.96. The van der Waals surface area contributed by atoms with Gasteiger partial charge in [-0.15, -0.1) is 0 Å². The highest BCUT2D eigenvalue weighted by Gasteiger charge is 2.24. The van der Waals surface area contributed by atoms with E-state index in [9.17, 15) is 4.79 Å². The van der Waals surface area contributed by atoms with E-state index in [1.807, 2.05) is 6.92 Å². The number of nitrogens with one attached hydrogen (secondary N) is 1. The van der Waals surface area contributed by atoms with Crippen LogP contribution in [-0.2, 0) is 11.3 Å². The van der Waals surface area contributed by atoms with Crippen LogP contribution in [0.15, 0.2) is 15.5 Å². The molecule has 6 heteroatoms. The summed E-state index contributed by atoms with van der Waals surface area (Å²) in [4.78, 5) is 12.3. The molecule has 5 nitrogen and oxygen atoms in total. The Kier molecular flexibility index (Phi) is 5.81. The average Bonchev–Trinajstić information content (AvgIpc) is 3.26. The Morgan fingerprint density at radius 1 is 1.52 bits per heavy atom. The van der Waals surface area contributed by atoms with Crippen LogP contribution in [-0.4, -0.2) is 29.0 Å². The molecule has 1 N–H and O–H groups in total. The van der Waals surface area contributed by atoms with Crippen LogP contribution < -0.4 is 10.9 Å². The van der Waals surface area contributed by atoms with Gasteiger partial charge in [0, 0.05) is 13.2 Å². The van der Waals surface area contributed by atoms with E-state index in [4.69, 9.17) is 4.74 Å². The molecule has 0 aliphatic heterocycles. The summed E-state index contributed by atoms with van der Waals surface area (Å²) in [6.45, 7) is 8.27. The van der Waals surface area contributed by atoms with Crippen molar-refractivity contribution in [3.05, 3.63) is 21.0 Å². The quantitative estimate of drug-likeness (QED) is 0.776. The van der Waals surface area contributed by atoms with Crippen molar-refractivity contribution in [2.24, 2.45) is 11.8 Å². The van der Waals surface area contributed by atoms with E-state index in [0.717, 1.165) is 12.2 Å². The van der Waals surface area contributed by atoms with Crippen LogP contribution in [0.2, 0.25) is 0 Å². The van der Waals surface area contributed by atoms with Gasteiger partial charge in [0.2, 0.25) is 0 Å². The summed E-state index contributed by atoms with van der Waals surface area (Å²) < 4.78 is 7.61. The van der Waals surface area contributed by atoms with Gasteiger partial charge < -0.3 is 10.1 Å². The van der Waals surface area contributed by atoms with Gasteiger partial charge in [-0.05, 0) is 47.5 Å². The number of hydrogen-bond donors (Lipinski definition) is 1. The molecule has 1 aromatic rings. The lowest BCUT2D eigenvalue weighted by molar-refractivity contribution is 0.127. The topological polar surface area (TPSA) is 56.1 Å². The van der Waals surface area contributed by atoms with Gasteiger partial charge >= 0.3 is 0 Å². The predicted molar refractivity (Wildman–Crippen MR) is 87.7 cm³/mol. The summed E-state index contributed by atoms with van der Waals surface area (Å²) in [6, 6.07) is 0.154. The van der Waals surface area contributed by atoms with Gasteiger partial charge in [-0.3, -0.25) is 4.79 Å². The zero-order valence-corrected chi connectivity index (χ0v) is 14.5. The molecule has 1 atom stereocenters. The molecule has 2 rings (SSSR count). The Bertz CT molecular complexity index is 526. The molecular weight excluding hydrogens is 334 g/mol. The van der Waals surface area contributed by atoms with Crippen LogP contribution in [0.1, 0.15) is 33.6 Å². The predicted octanol–water partition coefficient (Wildman–Crippen LogP) is 2.89. The minimum Gasteiger partial charge on any atom is -0.380 e. The van der Waals surface area contributed by atoms with Crippen LogP contribution in [0.3, 0.4) is 0 Å². The Labute approximate surface area is 134 Å². The van der Waals surface area contributed by atoms with Gasteiger partial charge in [-0.1, -0.05) is 13.8 Å². The van der Waals surface area contributed by atoms with E-state index in [1.54, 1.807) is 10.9 Å². The van der Waals surface area contributed by atoms with Crippen molar-refractivity contribution >= 4 is 21.6 Å². The van der Waals surface area contributed by atoms with Crippen LogP contribution in [0.5, 0.6) is 0 Å². The maximum atomic E-state index is 12.3. The molecule has 1 heterocycles. The van der Waals surface area contributed by atoms with Crippen molar-refractivity contribution < 1.29 is 4.74 Å². The van der Waals surface area contributed by atoms with Crippen LogP contribution in [0.25, 0.3) is 0 Å². The van der Waals surface area contributed by atoms with E-state index in [2.05, 4.69) is 40.2 Å². The molecule has 1 fully saturated rings. The lowest BCUT2D eigenvalue weighted by Gasteiger charge is -2.23. The fourth-order valence-corrected chi connectivity index (χ4v) is 2.51. The lowest BCUT2D eigenvalue weighted by atomic mass is 10.1. The van der Waals surface area contributed by atoms with Crippen LogP contribution in [0, 0.1) is 11.8 Å². The van der Waals surface area contributed by atoms with Crippen molar-refractivity contribution in [1.29, 1.82) is 0 Å². The number of ether oxygens (including phenoxy) is 1. The summed E-state index contributed by atoms with van der Waals surface area (Å²) in [5.74, 6) is 1.03. The van der Waals surface area contributed by atoms with Gasteiger partial charge in [0.05, 0.1) is 24.5 Å². The average molecular weight is 358 g/mol. The maximum Gasteiger partial charge on any atom is 0.283 e. The number of anilines is 1. The Balaban J connectivity index is 2.11. The summed E-state index contributed by atoms with van der Waals surface area (Å²) in [5.41, 5.74) is 0.677. The molecule has 1 saturated carbocycles. The second-order valence-corrected chi connectivity index (χ2v) is 6.75. The summed E-state index contributed by atoms with van der Waals surface area (Å²) in [6.07, 6.45) is 4.14. The Morgan fingerprint density at radius 3 is 2.81 bits per heavy atom. The third kappa shape index (κ3) is 4.54. The Hall–Kier alpha value is -0.880. The van der Waals surface area contributed by atoms with Crippen molar-refractivity contribution in [3.8, 4) is 0 Å². The van der Waals surface area contributed by atoms with E-state index >= 15 is 0 Å². The number of halogens is 1. The standard InChI is InChI=1S/C15H24BrN3O2/c1-4-21-9-13(10(2)3)18-12-7-17-19(8-11-5-6-11)15(20)14(12)16/h7,10-11,13,18H,4-6,8-9H2,1-3H3. The first kappa shape index (κ1) is 16.5. The van der Waals surface area contributed by atoms with Crippen molar-refractivity contribution in [2.45, 2.75) is 46.2 Å². The molecule has 1 aromatic heterocycles. The smallest absolute Gasteiger partial charge is 0.283 e. The highest BCUT2D eigenvalue weighted by molar-refractivity contribution is 9.10. The second kappa shape index (κ2) is 7.40. The van der Waals surface area contributed by atoms with Crippen LogP contribution >= 0.6 is 15.9 Å². The number of hydrogen-bond acceptors (Lipinski definition) is 4. The highest BCUT2D eigenvalue weighted by atomic mass is 79.9. The minimum absolute atomic E-state index is 0.0641. The molecule has 0 aromatic carbocycles. The monoisotopic (exact) mass is 357 g/mol. The summed E-state index contributed by atoms with van der Waals surface area (Å²) in [5, 5.41) is 7.65. The molecule has 0 spiro atoms. The summed E-state index contributed by atoms with van der Waals surface area (Å²) in [7, 11) is 0. The molecule has 1 unspecified atom stereocenters. The third-order valence-corrected chi connectivity index (χ3v) is 4.53. The largest absolute Gasteiger partial charge is 0.380 e. The zero-order valence-electron chi connectivity index (χ0n) is 12.9. The van der Waals surface area contributed by atoms with Crippen LogP contribution in [0.4, 0.5) is 5.69 Å². The SMILES string of the molecule is CCOCC(Nc1cnn(CC2CC2)c(=O)c1Br)C(C)C. The number of nitrogens with zero attached hydrogens (tertiary/aromatic N) is 2. The molecule has 0 radical (unpaired) electrons. The van der Waals surface area contributed by atoms with Crippen molar-refractivity contribution in [3.63, 3.8) is 0 Å². The highest BCUT2D eigenvalue weighted by Crippen LogP contribution is 2.30. The number of rotatable bonds is 8. The fraction of sp³-hybridized carbons (Fsp3) is 0.733. The van der Waals surface area contributed by atoms with Gasteiger partial charge in [-0.2, -0.15) is 5.10 Å². The normalized spacial score (nSPS) is 16.2. The molecule has 1 aliphatic rings. The van der Waals surface area contributed by atoms with E-state index in [0.29, 0.717) is 29.5 Å². The first-order valence-corrected chi connectivity index (χ1v) is 8.42. The molecule has 0 bridgehead atoms. The third-order valence-electron chi connectivity index (χ3n) is 3.76. The van der Waals surface area contributed by atoms with E-state index in [1.165, 1.54) is 12.8 Å². The fourth-order valence-electron chi connectivity index (χ4n) is 2.09. The zero-order chi connectivity index (χ0) is 15.4. The molecular formula is C15H24BrN3O2. The number of aromatic nitrogens is 2. The van der Waals surface area contributed by atoms with Gasteiger partial charge in [0.15, 0.2) is 0 Å². The van der Waals surface area contributed by atoms with Gasteiger partial charge in [0.1, 0.15) is 4.47 Å². The molecule has 1 aliphatic carbocycles. The van der Waals surface area contributed by atoms with E-state index in [-0.39, 0.29) is 11.6 Å².